The van der Waals surface area contributed by atoms with Crippen LogP contribution >= 0.6 is 11.6 Å². The molecule has 0 amide bonds. The van der Waals surface area contributed by atoms with Crippen molar-refractivity contribution in [2.45, 2.75) is 6.54 Å². The van der Waals surface area contributed by atoms with Crippen LogP contribution in [0.3, 0.4) is 0 Å². The van der Waals surface area contributed by atoms with Gasteiger partial charge in [0.15, 0.2) is 5.43 Å². The number of halogens is 1. The first-order valence-corrected chi connectivity index (χ1v) is 7.09. The minimum absolute atomic E-state index is 0.122. The van der Waals surface area contributed by atoms with E-state index in [0.717, 1.165) is 11.0 Å². The van der Waals surface area contributed by atoms with Gasteiger partial charge in [-0.15, -0.1) is 5.10 Å². The van der Waals surface area contributed by atoms with E-state index in [2.05, 4.69) is 10.3 Å². The Morgan fingerprint density at radius 3 is 2.91 bits per heavy atom. The van der Waals surface area contributed by atoms with Crippen molar-refractivity contribution in [1.29, 1.82) is 0 Å². The molecule has 0 unspecified atom stereocenters. The van der Waals surface area contributed by atoms with E-state index < -0.39 is 0 Å². The lowest BCUT2D eigenvalue weighted by Gasteiger charge is -2.04. The maximum absolute atomic E-state index is 12.2. The summed E-state index contributed by atoms with van der Waals surface area (Å²) in [4.78, 5) is 12.2. The topological polar surface area (TPSA) is 60.9 Å². The summed E-state index contributed by atoms with van der Waals surface area (Å²) in [5, 5.41) is 9.17. The van der Waals surface area contributed by atoms with Crippen LogP contribution in [0.25, 0.3) is 22.0 Å². The lowest BCUT2D eigenvalue weighted by molar-refractivity contribution is 0.498. The molecule has 0 atom stereocenters. The largest absolute Gasteiger partial charge is 0.459 e. The lowest BCUT2D eigenvalue weighted by atomic mass is 10.2. The maximum Gasteiger partial charge on any atom is 0.193 e. The standard InChI is InChI=1S/C16H10ClN3O2/c17-10-5-6-16-12(7-10)15(21)8-11(22-16)9-20-14-4-2-1-3-13(14)18-19-20/h1-8H,9H2. The van der Waals surface area contributed by atoms with E-state index in [9.17, 15) is 4.79 Å². The Balaban J connectivity index is 1.82. The van der Waals surface area contributed by atoms with Gasteiger partial charge in [-0.1, -0.05) is 28.9 Å². The maximum atomic E-state index is 12.2. The molecule has 0 bridgehead atoms. The van der Waals surface area contributed by atoms with Gasteiger partial charge in [-0.05, 0) is 30.3 Å². The minimum atomic E-state index is -0.122. The lowest BCUT2D eigenvalue weighted by Crippen LogP contribution is -2.07. The van der Waals surface area contributed by atoms with E-state index >= 15 is 0 Å². The normalized spacial score (nSPS) is 11.3. The van der Waals surface area contributed by atoms with Crippen molar-refractivity contribution in [2.24, 2.45) is 0 Å². The van der Waals surface area contributed by atoms with Crippen molar-refractivity contribution in [3.63, 3.8) is 0 Å². The third kappa shape index (κ3) is 2.16. The molecular weight excluding hydrogens is 302 g/mol. The molecular formula is C16H10ClN3O2. The monoisotopic (exact) mass is 311 g/mol. The average Bonchev–Trinajstić information content (AvgIpc) is 2.92. The average molecular weight is 312 g/mol. The van der Waals surface area contributed by atoms with E-state index in [1.807, 2.05) is 24.3 Å². The van der Waals surface area contributed by atoms with Crippen molar-refractivity contribution in [3.05, 3.63) is 69.5 Å². The molecule has 4 rings (SSSR count). The van der Waals surface area contributed by atoms with Crippen LogP contribution in [0.15, 0.2) is 57.7 Å². The second kappa shape index (κ2) is 4.96. The smallest absolute Gasteiger partial charge is 0.193 e. The van der Waals surface area contributed by atoms with Gasteiger partial charge in [0, 0.05) is 11.1 Å². The van der Waals surface area contributed by atoms with Crippen LogP contribution in [0.2, 0.25) is 5.02 Å². The second-order valence-corrected chi connectivity index (χ2v) is 5.39. The molecule has 0 spiro atoms. The van der Waals surface area contributed by atoms with Crippen molar-refractivity contribution in [1.82, 2.24) is 15.0 Å². The molecule has 4 aromatic rings. The van der Waals surface area contributed by atoms with Gasteiger partial charge in [0.2, 0.25) is 0 Å². The summed E-state index contributed by atoms with van der Waals surface area (Å²) >= 11 is 5.91. The summed E-state index contributed by atoms with van der Waals surface area (Å²) in [7, 11) is 0. The summed E-state index contributed by atoms with van der Waals surface area (Å²) in [5.41, 5.74) is 2.08. The number of rotatable bonds is 2. The summed E-state index contributed by atoms with van der Waals surface area (Å²) in [5.74, 6) is 0.524. The summed E-state index contributed by atoms with van der Waals surface area (Å²) in [6.07, 6.45) is 0. The first kappa shape index (κ1) is 13.0. The number of aromatic nitrogens is 3. The molecule has 22 heavy (non-hydrogen) atoms. The Morgan fingerprint density at radius 2 is 2.00 bits per heavy atom. The van der Waals surface area contributed by atoms with Crippen molar-refractivity contribution in [3.8, 4) is 0 Å². The Labute approximate surface area is 129 Å². The highest BCUT2D eigenvalue weighted by Crippen LogP contribution is 2.19. The van der Waals surface area contributed by atoms with E-state index in [0.29, 0.717) is 28.3 Å². The first-order chi connectivity index (χ1) is 10.7. The molecule has 5 nitrogen and oxygen atoms in total. The molecule has 108 valence electrons. The van der Waals surface area contributed by atoms with Crippen LogP contribution in [0, 0.1) is 0 Å². The summed E-state index contributed by atoms with van der Waals surface area (Å²) in [6, 6.07) is 14.1. The Bertz CT molecular complexity index is 1050. The third-order valence-electron chi connectivity index (χ3n) is 3.47. The zero-order chi connectivity index (χ0) is 15.1. The van der Waals surface area contributed by atoms with E-state index in [1.54, 1.807) is 22.9 Å². The van der Waals surface area contributed by atoms with Crippen LogP contribution in [0.1, 0.15) is 5.76 Å². The molecule has 0 N–H and O–H groups in total. The number of para-hydroxylation sites is 1. The molecule has 2 aromatic heterocycles. The molecule has 6 heteroatoms. The molecule has 0 aliphatic heterocycles. The fourth-order valence-electron chi connectivity index (χ4n) is 2.44. The molecule has 0 saturated heterocycles. The number of benzene rings is 2. The highest BCUT2D eigenvalue weighted by atomic mass is 35.5. The minimum Gasteiger partial charge on any atom is -0.459 e. The highest BCUT2D eigenvalue weighted by molar-refractivity contribution is 6.31. The number of hydrogen-bond acceptors (Lipinski definition) is 4. The first-order valence-electron chi connectivity index (χ1n) is 6.71. The van der Waals surface area contributed by atoms with Gasteiger partial charge in [-0.2, -0.15) is 0 Å². The fourth-order valence-corrected chi connectivity index (χ4v) is 2.61. The van der Waals surface area contributed by atoms with Gasteiger partial charge in [-0.3, -0.25) is 4.79 Å². The number of fused-ring (bicyclic) bond motifs is 2. The van der Waals surface area contributed by atoms with Gasteiger partial charge in [0.25, 0.3) is 0 Å². The van der Waals surface area contributed by atoms with E-state index in [1.165, 1.54) is 6.07 Å². The van der Waals surface area contributed by atoms with Gasteiger partial charge in [-0.25, -0.2) is 4.68 Å². The Morgan fingerprint density at radius 1 is 1.14 bits per heavy atom. The quantitative estimate of drug-likeness (QED) is 0.570. The number of hydrogen-bond donors (Lipinski definition) is 0. The van der Waals surface area contributed by atoms with Crippen LogP contribution < -0.4 is 5.43 Å². The van der Waals surface area contributed by atoms with Gasteiger partial charge in [0.05, 0.1) is 10.9 Å². The zero-order valence-electron chi connectivity index (χ0n) is 11.4. The van der Waals surface area contributed by atoms with Crippen molar-refractivity contribution >= 4 is 33.6 Å². The zero-order valence-corrected chi connectivity index (χ0v) is 12.1. The summed E-state index contributed by atoms with van der Waals surface area (Å²) < 4.78 is 7.48. The van der Waals surface area contributed by atoms with Gasteiger partial charge < -0.3 is 4.42 Å². The molecule has 2 heterocycles. The van der Waals surface area contributed by atoms with Crippen LogP contribution in [-0.4, -0.2) is 15.0 Å². The van der Waals surface area contributed by atoms with E-state index in [4.69, 9.17) is 16.0 Å². The van der Waals surface area contributed by atoms with E-state index in [-0.39, 0.29) is 5.43 Å². The SMILES string of the molecule is O=c1cc(Cn2nnc3ccccc32)oc2ccc(Cl)cc12. The molecule has 2 aromatic carbocycles. The van der Waals surface area contributed by atoms with Crippen LogP contribution in [-0.2, 0) is 6.54 Å². The Kier molecular flexibility index (Phi) is 2.94. The Hall–Kier alpha value is -2.66. The van der Waals surface area contributed by atoms with Crippen molar-refractivity contribution < 1.29 is 4.42 Å². The predicted octanol–water partition coefficient (Wildman–Crippen LogP) is 3.24. The van der Waals surface area contributed by atoms with Gasteiger partial charge in [0.1, 0.15) is 23.4 Å². The predicted molar refractivity (Wildman–Crippen MR) is 84.1 cm³/mol. The molecule has 0 saturated carbocycles. The highest BCUT2D eigenvalue weighted by Gasteiger charge is 2.09. The van der Waals surface area contributed by atoms with Crippen LogP contribution in [0.5, 0.6) is 0 Å². The fraction of sp³-hybridized carbons (Fsp3) is 0.0625. The van der Waals surface area contributed by atoms with Gasteiger partial charge >= 0.3 is 0 Å². The number of nitrogens with zero attached hydrogens (tertiary/aromatic N) is 3. The summed E-state index contributed by atoms with van der Waals surface area (Å²) in [6.45, 7) is 0.342. The molecule has 0 radical (unpaired) electrons. The molecule has 0 fully saturated rings. The molecule has 0 aliphatic carbocycles. The van der Waals surface area contributed by atoms with Crippen molar-refractivity contribution in [2.75, 3.05) is 0 Å². The second-order valence-electron chi connectivity index (χ2n) is 4.95. The molecule has 0 aliphatic rings. The van der Waals surface area contributed by atoms with Crippen LogP contribution in [0.4, 0.5) is 0 Å². The third-order valence-corrected chi connectivity index (χ3v) is 3.70.